The minimum absolute atomic E-state index is 0.159. The maximum absolute atomic E-state index is 12.0. The molecule has 0 aromatic heterocycles. The normalized spacial score (nSPS) is 14.7. The summed E-state index contributed by atoms with van der Waals surface area (Å²) in [7, 11) is 1.86. The molecule has 0 radical (unpaired) electrons. The summed E-state index contributed by atoms with van der Waals surface area (Å²) in [6.07, 6.45) is 2.60. The second-order valence-electron chi connectivity index (χ2n) is 4.70. The van der Waals surface area contributed by atoms with E-state index in [1.807, 2.05) is 23.8 Å². The minimum atomic E-state index is -0.202. The molecule has 1 rings (SSSR count). The number of nitrogens with zero attached hydrogens (tertiary/aromatic N) is 2. The first-order valence-electron chi connectivity index (χ1n) is 6.72. The summed E-state index contributed by atoms with van der Waals surface area (Å²) in [5.41, 5.74) is 0. The second kappa shape index (κ2) is 7.36. The van der Waals surface area contributed by atoms with Crippen LogP contribution in [0.5, 0.6) is 0 Å². The molecule has 18 heavy (non-hydrogen) atoms. The summed E-state index contributed by atoms with van der Waals surface area (Å²) in [5, 5.41) is 0. The zero-order valence-corrected chi connectivity index (χ0v) is 11.6. The maximum atomic E-state index is 12.0. The van der Waals surface area contributed by atoms with Crippen LogP contribution in [0.15, 0.2) is 0 Å². The fourth-order valence-electron chi connectivity index (χ4n) is 1.94. The summed E-state index contributed by atoms with van der Waals surface area (Å²) < 4.78 is 4.85. The van der Waals surface area contributed by atoms with Crippen LogP contribution in [-0.4, -0.2) is 61.0 Å². The number of carbonyl (C=O) groups is 2. The largest absolute Gasteiger partial charge is 0.466 e. The Kier molecular flexibility index (Phi) is 6.12. The molecule has 1 saturated carbocycles. The van der Waals surface area contributed by atoms with E-state index in [1.54, 1.807) is 6.92 Å². The van der Waals surface area contributed by atoms with Crippen molar-refractivity contribution in [3.63, 3.8) is 0 Å². The van der Waals surface area contributed by atoms with Gasteiger partial charge in [0.1, 0.15) is 0 Å². The Bertz CT molecular complexity index is 290. The third-order valence-electron chi connectivity index (χ3n) is 3.06. The fourth-order valence-corrected chi connectivity index (χ4v) is 1.94. The maximum Gasteiger partial charge on any atom is 0.307 e. The highest BCUT2D eigenvalue weighted by atomic mass is 16.5. The Morgan fingerprint density at radius 3 is 2.44 bits per heavy atom. The molecule has 0 aliphatic heterocycles. The van der Waals surface area contributed by atoms with Gasteiger partial charge in [0.25, 0.3) is 0 Å². The van der Waals surface area contributed by atoms with Gasteiger partial charge in [0, 0.05) is 19.1 Å². The molecule has 0 bridgehead atoms. The van der Waals surface area contributed by atoms with Gasteiger partial charge < -0.3 is 9.64 Å². The molecule has 1 amide bonds. The van der Waals surface area contributed by atoms with Gasteiger partial charge in [0.15, 0.2) is 0 Å². The Morgan fingerprint density at radius 1 is 1.28 bits per heavy atom. The van der Waals surface area contributed by atoms with Crippen LogP contribution in [0.4, 0.5) is 0 Å². The highest BCUT2D eigenvalue weighted by molar-refractivity contribution is 5.79. The molecule has 0 N–H and O–H groups in total. The zero-order chi connectivity index (χ0) is 13.5. The lowest BCUT2D eigenvalue weighted by Gasteiger charge is -2.24. The predicted molar refractivity (Wildman–Crippen MR) is 69.2 cm³/mol. The third-order valence-corrected chi connectivity index (χ3v) is 3.06. The molecule has 1 fully saturated rings. The van der Waals surface area contributed by atoms with Crippen molar-refractivity contribution in [2.24, 2.45) is 0 Å². The predicted octanol–water partition coefficient (Wildman–Crippen LogP) is 0.882. The number of amides is 1. The van der Waals surface area contributed by atoms with Gasteiger partial charge in [-0.05, 0) is 33.7 Å². The summed E-state index contributed by atoms with van der Waals surface area (Å²) in [6.45, 7) is 5.92. The number of esters is 1. The van der Waals surface area contributed by atoms with Crippen molar-refractivity contribution in [2.75, 3.05) is 33.3 Å². The van der Waals surface area contributed by atoms with E-state index in [2.05, 4.69) is 0 Å². The highest BCUT2D eigenvalue weighted by Crippen LogP contribution is 2.26. The average Bonchev–Trinajstić information content (AvgIpc) is 3.12. The molecule has 0 atom stereocenters. The fraction of sp³-hybridized carbons (Fsp3) is 0.846. The number of ether oxygens (including phenoxy) is 1. The second-order valence-corrected chi connectivity index (χ2v) is 4.70. The van der Waals surface area contributed by atoms with Crippen molar-refractivity contribution in [3.05, 3.63) is 0 Å². The molecule has 1 aliphatic carbocycles. The SMILES string of the molecule is CCOC(=O)CCN(C)CC(=O)N(CC)C1CC1. The molecule has 104 valence electrons. The minimum Gasteiger partial charge on any atom is -0.466 e. The van der Waals surface area contributed by atoms with Crippen LogP contribution in [0, 0.1) is 0 Å². The van der Waals surface area contributed by atoms with Crippen LogP contribution >= 0.6 is 0 Å². The van der Waals surface area contributed by atoms with E-state index >= 15 is 0 Å². The van der Waals surface area contributed by atoms with Gasteiger partial charge in [-0.15, -0.1) is 0 Å². The van der Waals surface area contributed by atoms with Crippen molar-refractivity contribution in [1.82, 2.24) is 9.80 Å². The lowest BCUT2D eigenvalue weighted by Crippen LogP contribution is -2.40. The van der Waals surface area contributed by atoms with Crippen molar-refractivity contribution in [2.45, 2.75) is 39.2 Å². The van der Waals surface area contributed by atoms with Crippen LogP contribution in [0.25, 0.3) is 0 Å². The van der Waals surface area contributed by atoms with E-state index in [0.29, 0.717) is 32.2 Å². The van der Waals surface area contributed by atoms with E-state index in [4.69, 9.17) is 4.74 Å². The monoisotopic (exact) mass is 256 g/mol. The number of carbonyl (C=O) groups excluding carboxylic acids is 2. The lowest BCUT2D eigenvalue weighted by molar-refractivity contribution is -0.144. The Labute approximate surface area is 109 Å². The molecule has 0 aromatic carbocycles. The van der Waals surface area contributed by atoms with E-state index in [9.17, 15) is 9.59 Å². The van der Waals surface area contributed by atoms with Gasteiger partial charge in [-0.1, -0.05) is 0 Å². The molecule has 5 nitrogen and oxygen atoms in total. The van der Waals surface area contributed by atoms with Crippen LogP contribution < -0.4 is 0 Å². The van der Waals surface area contributed by atoms with Crippen molar-refractivity contribution >= 4 is 11.9 Å². The zero-order valence-electron chi connectivity index (χ0n) is 11.6. The van der Waals surface area contributed by atoms with Crippen molar-refractivity contribution < 1.29 is 14.3 Å². The quantitative estimate of drug-likeness (QED) is 0.605. The molecular formula is C13H24N2O3. The number of hydrogen-bond acceptors (Lipinski definition) is 4. The summed E-state index contributed by atoms with van der Waals surface area (Å²) >= 11 is 0. The molecule has 5 heteroatoms. The summed E-state index contributed by atoms with van der Waals surface area (Å²) in [4.78, 5) is 27.0. The van der Waals surface area contributed by atoms with E-state index in [1.165, 1.54) is 0 Å². The highest BCUT2D eigenvalue weighted by Gasteiger charge is 2.31. The lowest BCUT2D eigenvalue weighted by atomic mass is 10.3. The van der Waals surface area contributed by atoms with Crippen LogP contribution in [0.3, 0.4) is 0 Å². The number of likely N-dealkylation sites (N-methyl/N-ethyl adjacent to an activating group) is 2. The summed E-state index contributed by atoms with van der Waals surface area (Å²) in [6, 6.07) is 0.459. The van der Waals surface area contributed by atoms with Gasteiger partial charge in [0.2, 0.25) is 5.91 Å². The average molecular weight is 256 g/mol. The van der Waals surface area contributed by atoms with Crippen LogP contribution in [-0.2, 0) is 14.3 Å². The first-order valence-corrected chi connectivity index (χ1v) is 6.72. The molecule has 0 saturated heterocycles. The van der Waals surface area contributed by atoms with Crippen LogP contribution in [0.1, 0.15) is 33.1 Å². The molecular weight excluding hydrogens is 232 g/mol. The molecule has 0 heterocycles. The van der Waals surface area contributed by atoms with Crippen molar-refractivity contribution in [1.29, 1.82) is 0 Å². The number of hydrogen-bond donors (Lipinski definition) is 0. The van der Waals surface area contributed by atoms with E-state index in [0.717, 1.165) is 19.4 Å². The van der Waals surface area contributed by atoms with Gasteiger partial charge in [0.05, 0.1) is 19.6 Å². The first-order chi connectivity index (χ1) is 8.58. The summed E-state index contributed by atoms with van der Waals surface area (Å²) in [5.74, 6) is -0.0438. The molecule has 1 aliphatic rings. The smallest absolute Gasteiger partial charge is 0.307 e. The van der Waals surface area contributed by atoms with Gasteiger partial charge in [-0.3, -0.25) is 14.5 Å². The first kappa shape index (κ1) is 15.0. The van der Waals surface area contributed by atoms with Gasteiger partial charge in [-0.2, -0.15) is 0 Å². The van der Waals surface area contributed by atoms with Crippen molar-refractivity contribution in [3.8, 4) is 0 Å². The van der Waals surface area contributed by atoms with Gasteiger partial charge in [-0.25, -0.2) is 0 Å². The van der Waals surface area contributed by atoms with E-state index in [-0.39, 0.29) is 11.9 Å². The Morgan fingerprint density at radius 2 is 1.94 bits per heavy atom. The topological polar surface area (TPSA) is 49.9 Å². The number of rotatable bonds is 8. The van der Waals surface area contributed by atoms with Gasteiger partial charge >= 0.3 is 5.97 Å². The van der Waals surface area contributed by atoms with E-state index < -0.39 is 0 Å². The standard InChI is InChI=1S/C13H24N2O3/c1-4-15(11-6-7-11)12(16)10-14(3)9-8-13(17)18-5-2/h11H,4-10H2,1-3H3. The molecule has 0 unspecified atom stereocenters. The third kappa shape index (κ3) is 5.04. The Balaban J connectivity index is 2.23. The Hall–Kier alpha value is -1.10. The molecule has 0 spiro atoms. The molecule has 0 aromatic rings. The van der Waals surface area contributed by atoms with Crippen LogP contribution in [0.2, 0.25) is 0 Å².